The normalized spacial score (nSPS) is 23.2. The molecule has 0 aromatic carbocycles. The molecule has 0 unspecified atom stereocenters. The van der Waals surface area contributed by atoms with E-state index >= 15 is 0 Å². The van der Waals surface area contributed by atoms with Crippen LogP contribution >= 0.6 is 0 Å². The highest BCUT2D eigenvalue weighted by atomic mass is 16.5. The van der Waals surface area contributed by atoms with Crippen LogP contribution in [0.15, 0.2) is 24.5 Å². The molecule has 0 N–H and O–H groups in total. The molecule has 0 amide bonds. The fourth-order valence-corrected chi connectivity index (χ4v) is 2.77. The maximum absolute atomic E-state index is 5.43. The summed E-state index contributed by atoms with van der Waals surface area (Å²) in [6.45, 7) is 6.89. The third-order valence-electron chi connectivity index (χ3n) is 3.77. The molecular formula is C14H20N4O. The van der Waals surface area contributed by atoms with Gasteiger partial charge in [-0.3, -0.25) is 4.90 Å². The number of anilines is 1. The number of rotatable bonds is 4. The van der Waals surface area contributed by atoms with Crippen LogP contribution in [0.25, 0.3) is 0 Å². The highest BCUT2D eigenvalue weighted by Crippen LogP contribution is 2.24. The summed E-state index contributed by atoms with van der Waals surface area (Å²) in [5.74, 6) is 1.65. The molecule has 5 nitrogen and oxygen atoms in total. The van der Waals surface area contributed by atoms with Gasteiger partial charge in [0.2, 0.25) is 5.88 Å². The molecular weight excluding hydrogens is 240 g/mol. The number of aromatic nitrogens is 2. The summed E-state index contributed by atoms with van der Waals surface area (Å²) in [4.78, 5) is 13.3. The summed E-state index contributed by atoms with van der Waals surface area (Å²) in [7, 11) is 0. The molecule has 1 saturated heterocycles. The first-order valence-electron chi connectivity index (χ1n) is 6.95. The Morgan fingerprint density at radius 2 is 2.16 bits per heavy atom. The Bertz CT molecular complexity index is 455. The third kappa shape index (κ3) is 2.71. The van der Waals surface area contributed by atoms with Crippen molar-refractivity contribution in [3.63, 3.8) is 0 Å². The quantitative estimate of drug-likeness (QED) is 0.764. The highest BCUT2D eigenvalue weighted by molar-refractivity contribution is 5.42. The smallest absolute Gasteiger partial charge is 0.218 e. The number of hydrogen-bond donors (Lipinski definition) is 0. The minimum atomic E-state index is 0.637. The SMILES string of the molecule is CCOc1cc(N2CC[C@H](N3CC=CC3)C2)ncn1. The predicted molar refractivity (Wildman–Crippen MR) is 74.5 cm³/mol. The van der Waals surface area contributed by atoms with Gasteiger partial charge in [-0.1, -0.05) is 12.2 Å². The van der Waals surface area contributed by atoms with Gasteiger partial charge in [-0.15, -0.1) is 0 Å². The molecule has 3 rings (SSSR count). The lowest BCUT2D eigenvalue weighted by atomic mass is 10.2. The Morgan fingerprint density at radius 1 is 1.32 bits per heavy atom. The van der Waals surface area contributed by atoms with Gasteiger partial charge in [0.15, 0.2) is 0 Å². The van der Waals surface area contributed by atoms with E-state index in [0.717, 1.165) is 32.0 Å². The Balaban J connectivity index is 1.65. The number of ether oxygens (including phenoxy) is 1. The van der Waals surface area contributed by atoms with Crippen LogP contribution in [0.1, 0.15) is 13.3 Å². The summed E-state index contributed by atoms with van der Waals surface area (Å²) >= 11 is 0. The Hall–Kier alpha value is -1.62. The van der Waals surface area contributed by atoms with Crippen LogP contribution in [-0.2, 0) is 0 Å². The van der Waals surface area contributed by atoms with Crippen molar-refractivity contribution in [2.45, 2.75) is 19.4 Å². The maximum Gasteiger partial charge on any atom is 0.218 e. The van der Waals surface area contributed by atoms with Crippen LogP contribution in [0.3, 0.4) is 0 Å². The molecule has 1 aromatic rings. The monoisotopic (exact) mass is 260 g/mol. The van der Waals surface area contributed by atoms with Gasteiger partial charge in [-0.05, 0) is 13.3 Å². The maximum atomic E-state index is 5.43. The molecule has 1 fully saturated rings. The van der Waals surface area contributed by atoms with E-state index in [1.54, 1.807) is 6.33 Å². The van der Waals surface area contributed by atoms with Crippen molar-refractivity contribution >= 4 is 5.82 Å². The molecule has 0 radical (unpaired) electrons. The fourth-order valence-electron chi connectivity index (χ4n) is 2.77. The van der Waals surface area contributed by atoms with Gasteiger partial charge in [0.05, 0.1) is 6.61 Å². The van der Waals surface area contributed by atoms with Gasteiger partial charge >= 0.3 is 0 Å². The Kier molecular flexibility index (Phi) is 3.64. The molecule has 2 aliphatic rings. The molecule has 1 atom stereocenters. The van der Waals surface area contributed by atoms with Crippen molar-refractivity contribution in [1.29, 1.82) is 0 Å². The van der Waals surface area contributed by atoms with E-state index in [9.17, 15) is 0 Å². The van der Waals surface area contributed by atoms with Crippen LogP contribution in [0.5, 0.6) is 5.88 Å². The Labute approximate surface area is 113 Å². The summed E-state index contributed by atoms with van der Waals surface area (Å²) < 4.78 is 5.43. The van der Waals surface area contributed by atoms with Crippen molar-refractivity contribution in [3.8, 4) is 5.88 Å². The van der Waals surface area contributed by atoms with Gasteiger partial charge in [0, 0.05) is 38.3 Å². The first-order valence-corrected chi connectivity index (χ1v) is 6.95. The summed E-state index contributed by atoms with van der Waals surface area (Å²) in [5, 5.41) is 0. The molecule has 2 aliphatic heterocycles. The third-order valence-corrected chi connectivity index (χ3v) is 3.77. The van der Waals surface area contributed by atoms with E-state index in [2.05, 4.69) is 31.9 Å². The zero-order valence-corrected chi connectivity index (χ0v) is 11.3. The van der Waals surface area contributed by atoms with Crippen molar-refractivity contribution in [1.82, 2.24) is 14.9 Å². The van der Waals surface area contributed by atoms with Gasteiger partial charge < -0.3 is 9.64 Å². The summed E-state index contributed by atoms with van der Waals surface area (Å²) in [6, 6.07) is 2.58. The zero-order valence-electron chi connectivity index (χ0n) is 11.3. The van der Waals surface area contributed by atoms with E-state index < -0.39 is 0 Å². The lowest BCUT2D eigenvalue weighted by Crippen LogP contribution is -2.35. The molecule has 0 bridgehead atoms. The molecule has 5 heteroatoms. The van der Waals surface area contributed by atoms with Crippen molar-refractivity contribution in [2.24, 2.45) is 0 Å². The summed E-state index contributed by atoms with van der Waals surface area (Å²) in [5.41, 5.74) is 0. The zero-order chi connectivity index (χ0) is 13.1. The fraction of sp³-hybridized carbons (Fsp3) is 0.571. The number of hydrogen-bond acceptors (Lipinski definition) is 5. The van der Waals surface area contributed by atoms with Crippen LogP contribution < -0.4 is 9.64 Å². The van der Waals surface area contributed by atoms with E-state index in [1.165, 1.54) is 6.42 Å². The van der Waals surface area contributed by atoms with E-state index in [1.807, 2.05) is 13.0 Å². The van der Waals surface area contributed by atoms with Crippen molar-refractivity contribution < 1.29 is 4.74 Å². The van der Waals surface area contributed by atoms with E-state index in [-0.39, 0.29) is 0 Å². The second-order valence-corrected chi connectivity index (χ2v) is 4.96. The largest absolute Gasteiger partial charge is 0.478 e. The van der Waals surface area contributed by atoms with Crippen LogP contribution in [-0.4, -0.2) is 53.7 Å². The molecule has 3 heterocycles. The average molecular weight is 260 g/mol. The first-order chi connectivity index (χ1) is 9.36. The van der Waals surface area contributed by atoms with E-state index in [4.69, 9.17) is 4.74 Å². The average Bonchev–Trinajstić information content (AvgIpc) is 3.11. The van der Waals surface area contributed by atoms with Crippen molar-refractivity contribution in [3.05, 3.63) is 24.5 Å². The lowest BCUT2D eigenvalue weighted by Gasteiger charge is -2.24. The predicted octanol–water partition coefficient (Wildman–Crippen LogP) is 1.33. The minimum Gasteiger partial charge on any atom is -0.478 e. The van der Waals surface area contributed by atoms with Gasteiger partial charge in [0.1, 0.15) is 12.1 Å². The van der Waals surface area contributed by atoms with Gasteiger partial charge in [-0.2, -0.15) is 0 Å². The lowest BCUT2D eigenvalue weighted by molar-refractivity contribution is 0.271. The van der Waals surface area contributed by atoms with E-state index in [0.29, 0.717) is 18.5 Å². The summed E-state index contributed by atoms with van der Waals surface area (Å²) in [6.07, 6.45) is 7.29. The van der Waals surface area contributed by atoms with Crippen LogP contribution in [0, 0.1) is 0 Å². The molecule has 0 spiro atoms. The molecule has 19 heavy (non-hydrogen) atoms. The second-order valence-electron chi connectivity index (χ2n) is 4.96. The second kappa shape index (κ2) is 5.57. The topological polar surface area (TPSA) is 41.5 Å². The standard InChI is InChI=1S/C14H20N4O/c1-2-19-14-9-13(15-11-16-14)18-8-5-12(10-18)17-6-3-4-7-17/h3-4,9,11-12H,2,5-8,10H2,1H3/t12-/m0/s1. The first kappa shape index (κ1) is 12.4. The highest BCUT2D eigenvalue weighted by Gasteiger charge is 2.28. The van der Waals surface area contributed by atoms with Crippen molar-refractivity contribution in [2.75, 3.05) is 37.7 Å². The van der Waals surface area contributed by atoms with Gasteiger partial charge in [-0.25, -0.2) is 9.97 Å². The van der Waals surface area contributed by atoms with Gasteiger partial charge in [0.25, 0.3) is 0 Å². The number of nitrogens with zero attached hydrogens (tertiary/aromatic N) is 4. The molecule has 0 saturated carbocycles. The van der Waals surface area contributed by atoms with Crippen LogP contribution in [0.4, 0.5) is 5.82 Å². The minimum absolute atomic E-state index is 0.637. The van der Waals surface area contributed by atoms with Crippen LogP contribution in [0.2, 0.25) is 0 Å². The Morgan fingerprint density at radius 3 is 2.95 bits per heavy atom. The molecule has 102 valence electrons. The molecule has 0 aliphatic carbocycles. The molecule has 1 aromatic heterocycles.